The summed E-state index contributed by atoms with van der Waals surface area (Å²) in [6.45, 7) is 2.15. The number of carbonyl (C=O) groups is 1. The second-order valence-corrected chi connectivity index (χ2v) is 5.32. The minimum absolute atomic E-state index is 0.0900. The standard InChI is InChI=1S/C15H16N2O3/c1-15(8-5-9-15)12-10-13(20-17-12)16-14(18)19-11-6-3-2-4-7-11/h2-4,6-7,10H,5,8-9H2,1H3,(H,16,18). The Labute approximate surface area is 116 Å². The molecule has 1 aliphatic rings. The van der Waals surface area contributed by atoms with Crippen LogP contribution < -0.4 is 10.1 Å². The molecule has 5 heteroatoms. The Kier molecular flexibility index (Phi) is 3.18. The Hall–Kier alpha value is -2.30. The lowest BCUT2D eigenvalue weighted by atomic mass is 9.68. The highest BCUT2D eigenvalue weighted by molar-refractivity contribution is 5.84. The topological polar surface area (TPSA) is 64.4 Å². The fraction of sp³-hybridized carbons (Fsp3) is 0.333. The summed E-state index contributed by atoms with van der Waals surface area (Å²) in [7, 11) is 0. The first kappa shape index (κ1) is 12.7. The number of amides is 1. The van der Waals surface area contributed by atoms with Crippen molar-refractivity contribution < 1.29 is 14.1 Å². The minimum atomic E-state index is -0.585. The number of nitrogens with zero attached hydrogens (tertiary/aromatic N) is 1. The average Bonchev–Trinajstić information content (AvgIpc) is 2.85. The molecule has 0 saturated heterocycles. The molecular formula is C15H16N2O3. The van der Waals surface area contributed by atoms with Crippen LogP contribution in [0.3, 0.4) is 0 Å². The van der Waals surface area contributed by atoms with Crippen LogP contribution in [0.1, 0.15) is 31.9 Å². The maximum atomic E-state index is 11.7. The van der Waals surface area contributed by atoms with Crippen LogP contribution in [0.4, 0.5) is 10.7 Å². The van der Waals surface area contributed by atoms with Gasteiger partial charge in [0.25, 0.3) is 0 Å². The lowest BCUT2D eigenvalue weighted by Crippen LogP contribution is -2.30. The van der Waals surface area contributed by atoms with Gasteiger partial charge in [0.05, 0.1) is 5.69 Å². The number of aromatic nitrogens is 1. The Morgan fingerprint density at radius 2 is 2.10 bits per heavy atom. The molecule has 0 radical (unpaired) electrons. The van der Waals surface area contributed by atoms with Crippen molar-refractivity contribution >= 4 is 12.0 Å². The van der Waals surface area contributed by atoms with Crippen molar-refractivity contribution in [1.29, 1.82) is 0 Å². The first-order chi connectivity index (χ1) is 9.66. The molecule has 1 aromatic carbocycles. The van der Waals surface area contributed by atoms with Crippen molar-refractivity contribution in [2.45, 2.75) is 31.6 Å². The Morgan fingerprint density at radius 3 is 2.75 bits per heavy atom. The Balaban J connectivity index is 1.62. The van der Waals surface area contributed by atoms with Crippen molar-refractivity contribution in [3.63, 3.8) is 0 Å². The fourth-order valence-electron chi connectivity index (χ4n) is 2.30. The van der Waals surface area contributed by atoms with Crippen molar-refractivity contribution in [2.75, 3.05) is 5.32 Å². The van der Waals surface area contributed by atoms with Crippen LogP contribution in [-0.4, -0.2) is 11.2 Å². The third kappa shape index (κ3) is 2.52. The summed E-state index contributed by atoms with van der Waals surface area (Å²) < 4.78 is 10.2. The predicted octanol–water partition coefficient (Wildman–Crippen LogP) is 3.73. The zero-order valence-corrected chi connectivity index (χ0v) is 11.3. The van der Waals surface area contributed by atoms with Gasteiger partial charge in [0.1, 0.15) is 5.75 Å². The molecule has 1 aliphatic carbocycles. The van der Waals surface area contributed by atoms with Crippen LogP contribution in [-0.2, 0) is 5.41 Å². The lowest BCUT2D eigenvalue weighted by Gasteiger charge is -2.35. The van der Waals surface area contributed by atoms with E-state index in [4.69, 9.17) is 9.26 Å². The molecule has 5 nitrogen and oxygen atoms in total. The molecule has 1 saturated carbocycles. The molecule has 1 N–H and O–H groups in total. The predicted molar refractivity (Wildman–Crippen MR) is 73.8 cm³/mol. The molecule has 3 rings (SSSR count). The number of hydrogen-bond donors (Lipinski definition) is 1. The summed E-state index contributed by atoms with van der Waals surface area (Å²) in [5.41, 5.74) is 0.978. The Morgan fingerprint density at radius 1 is 1.35 bits per heavy atom. The number of para-hydroxylation sites is 1. The molecule has 0 unspecified atom stereocenters. The van der Waals surface area contributed by atoms with E-state index < -0.39 is 6.09 Å². The molecule has 2 aromatic rings. The summed E-state index contributed by atoms with van der Waals surface area (Å²) in [5, 5.41) is 6.57. The molecule has 0 spiro atoms. The smallest absolute Gasteiger partial charge is 0.410 e. The molecule has 104 valence electrons. The second kappa shape index (κ2) is 5.00. The van der Waals surface area contributed by atoms with Gasteiger partial charge in [-0.15, -0.1) is 0 Å². The zero-order valence-electron chi connectivity index (χ0n) is 11.3. The molecule has 1 heterocycles. The van der Waals surface area contributed by atoms with Gasteiger partial charge in [-0.3, -0.25) is 5.32 Å². The highest BCUT2D eigenvalue weighted by Gasteiger charge is 2.36. The molecule has 0 atom stereocenters. The molecular weight excluding hydrogens is 256 g/mol. The van der Waals surface area contributed by atoms with Gasteiger partial charge in [-0.05, 0) is 25.0 Å². The van der Waals surface area contributed by atoms with Gasteiger partial charge in [-0.25, -0.2) is 4.79 Å². The zero-order chi connectivity index (χ0) is 14.0. The van der Waals surface area contributed by atoms with Crippen LogP contribution in [0.5, 0.6) is 5.75 Å². The number of benzene rings is 1. The summed E-state index contributed by atoms with van der Waals surface area (Å²) in [4.78, 5) is 11.7. The molecule has 0 aliphatic heterocycles. The fourth-order valence-corrected chi connectivity index (χ4v) is 2.30. The maximum absolute atomic E-state index is 11.7. The van der Waals surface area contributed by atoms with Crippen LogP contribution >= 0.6 is 0 Å². The quantitative estimate of drug-likeness (QED) is 0.924. The van der Waals surface area contributed by atoms with E-state index in [1.807, 2.05) is 6.07 Å². The van der Waals surface area contributed by atoms with Crippen LogP contribution in [0.15, 0.2) is 40.9 Å². The normalized spacial score (nSPS) is 16.2. The van der Waals surface area contributed by atoms with Crippen LogP contribution in [0.2, 0.25) is 0 Å². The summed E-state index contributed by atoms with van der Waals surface area (Å²) in [5.74, 6) is 0.796. The number of hydrogen-bond acceptors (Lipinski definition) is 4. The van der Waals surface area contributed by atoms with E-state index in [-0.39, 0.29) is 5.41 Å². The van der Waals surface area contributed by atoms with E-state index in [0.717, 1.165) is 18.5 Å². The number of rotatable bonds is 3. The second-order valence-electron chi connectivity index (χ2n) is 5.32. The summed E-state index contributed by atoms with van der Waals surface area (Å²) >= 11 is 0. The highest BCUT2D eigenvalue weighted by Crippen LogP contribution is 2.43. The van der Waals surface area contributed by atoms with Crippen LogP contribution in [0.25, 0.3) is 0 Å². The van der Waals surface area contributed by atoms with Gasteiger partial charge in [0.2, 0.25) is 5.88 Å². The minimum Gasteiger partial charge on any atom is -0.410 e. The van der Waals surface area contributed by atoms with Gasteiger partial charge in [0.15, 0.2) is 0 Å². The molecule has 1 aromatic heterocycles. The van der Waals surface area contributed by atoms with Crippen molar-refractivity contribution in [3.05, 3.63) is 42.1 Å². The molecule has 1 fully saturated rings. The maximum Gasteiger partial charge on any atom is 0.419 e. The summed E-state index contributed by atoms with van der Waals surface area (Å²) in [6, 6.07) is 10.6. The lowest BCUT2D eigenvalue weighted by molar-refractivity contribution is 0.214. The van der Waals surface area contributed by atoms with Crippen LogP contribution in [0, 0.1) is 0 Å². The van der Waals surface area contributed by atoms with Crippen molar-refractivity contribution in [2.24, 2.45) is 0 Å². The van der Waals surface area contributed by atoms with E-state index >= 15 is 0 Å². The van der Waals surface area contributed by atoms with E-state index in [1.54, 1.807) is 30.3 Å². The van der Waals surface area contributed by atoms with E-state index in [9.17, 15) is 4.79 Å². The highest BCUT2D eigenvalue weighted by atomic mass is 16.6. The summed E-state index contributed by atoms with van der Waals surface area (Å²) in [6.07, 6.45) is 2.83. The van der Waals surface area contributed by atoms with E-state index in [0.29, 0.717) is 11.6 Å². The Bertz CT molecular complexity index is 603. The molecule has 0 bridgehead atoms. The molecule has 20 heavy (non-hydrogen) atoms. The van der Waals surface area contributed by atoms with E-state index in [1.165, 1.54) is 6.42 Å². The number of ether oxygens (including phenoxy) is 1. The number of nitrogens with one attached hydrogen (secondary N) is 1. The van der Waals surface area contributed by atoms with E-state index in [2.05, 4.69) is 17.4 Å². The third-order valence-electron chi connectivity index (χ3n) is 3.76. The van der Waals surface area contributed by atoms with Gasteiger partial charge >= 0.3 is 6.09 Å². The third-order valence-corrected chi connectivity index (χ3v) is 3.76. The van der Waals surface area contributed by atoms with Gasteiger partial charge in [-0.2, -0.15) is 0 Å². The first-order valence-corrected chi connectivity index (χ1v) is 6.67. The molecule has 1 amide bonds. The largest absolute Gasteiger partial charge is 0.419 e. The number of anilines is 1. The number of carbonyl (C=O) groups excluding carboxylic acids is 1. The first-order valence-electron chi connectivity index (χ1n) is 6.67. The average molecular weight is 272 g/mol. The van der Waals surface area contributed by atoms with Crippen molar-refractivity contribution in [3.8, 4) is 5.75 Å². The van der Waals surface area contributed by atoms with Crippen molar-refractivity contribution in [1.82, 2.24) is 5.16 Å². The van der Waals surface area contributed by atoms with Gasteiger partial charge in [0, 0.05) is 11.5 Å². The van der Waals surface area contributed by atoms with Gasteiger partial charge in [-0.1, -0.05) is 36.7 Å². The monoisotopic (exact) mass is 272 g/mol. The SMILES string of the molecule is CC1(c2cc(NC(=O)Oc3ccccc3)on2)CCC1. The van der Waals surface area contributed by atoms with Gasteiger partial charge < -0.3 is 9.26 Å².